The molecule has 0 amide bonds. The molecular formula is C16H19BrN2O. The predicted octanol–water partition coefficient (Wildman–Crippen LogP) is 3.70. The molecular weight excluding hydrogens is 316 g/mol. The third kappa shape index (κ3) is 4.32. The molecule has 3 nitrogen and oxygen atoms in total. The molecule has 0 radical (unpaired) electrons. The number of ether oxygens (including phenoxy) is 1. The van der Waals surface area contributed by atoms with E-state index in [1.54, 1.807) is 6.20 Å². The summed E-state index contributed by atoms with van der Waals surface area (Å²) < 4.78 is 6.95. The van der Waals surface area contributed by atoms with Gasteiger partial charge in [-0.15, -0.1) is 0 Å². The lowest BCUT2D eigenvalue weighted by molar-refractivity contribution is 0.301. The Balaban J connectivity index is 2.10. The predicted molar refractivity (Wildman–Crippen MR) is 84.7 cm³/mol. The van der Waals surface area contributed by atoms with E-state index in [1.165, 1.54) is 0 Å². The van der Waals surface area contributed by atoms with Crippen molar-refractivity contribution >= 4 is 15.9 Å². The van der Waals surface area contributed by atoms with Gasteiger partial charge in [0.05, 0.1) is 0 Å². The third-order valence-corrected chi connectivity index (χ3v) is 3.64. The minimum absolute atomic E-state index is 0.157. The lowest BCUT2D eigenvalue weighted by Gasteiger charge is -2.15. The topological polar surface area (TPSA) is 48.1 Å². The van der Waals surface area contributed by atoms with Crippen LogP contribution in [0.5, 0.6) is 5.75 Å². The van der Waals surface area contributed by atoms with Crippen molar-refractivity contribution in [3.8, 4) is 5.75 Å². The number of rotatable bonds is 6. The molecule has 0 aliphatic heterocycles. The van der Waals surface area contributed by atoms with Gasteiger partial charge in [0.2, 0.25) is 0 Å². The van der Waals surface area contributed by atoms with Gasteiger partial charge in [0.15, 0.2) is 0 Å². The van der Waals surface area contributed by atoms with Gasteiger partial charge >= 0.3 is 0 Å². The second kappa shape index (κ2) is 7.41. The van der Waals surface area contributed by atoms with Crippen molar-refractivity contribution in [2.45, 2.75) is 32.4 Å². The van der Waals surface area contributed by atoms with Crippen molar-refractivity contribution in [1.82, 2.24) is 4.98 Å². The van der Waals surface area contributed by atoms with E-state index in [4.69, 9.17) is 10.5 Å². The highest BCUT2D eigenvalue weighted by Gasteiger charge is 2.09. The molecule has 0 bridgehead atoms. The van der Waals surface area contributed by atoms with E-state index in [0.29, 0.717) is 6.61 Å². The fourth-order valence-corrected chi connectivity index (χ4v) is 2.33. The van der Waals surface area contributed by atoms with Crippen molar-refractivity contribution in [3.63, 3.8) is 0 Å². The second-order valence-corrected chi connectivity index (χ2v) is 5.69. The van der Waals surface area contributed by atoms with Crippen LogP contribution in [0.2, 0.25) is 0 Å². The minimum Gasteiger partial charge on any atom is -0.489 e. The maximum Gasteiger partial charge on any atom is 0.123 e. The summed E-state index contributed by atoms with van der Waals surface area (Å²) in [5.41, 5.74) is 8.24. The molecule has 1 atom stereocenters. The van der Waals surface area contributed by atoms with E-state index in [1.807, 2.05) is 30.5 Å². The van der Waals surface area contributed by atoms with Gasteiger partial charge in [0.25, 0.3) is 0 Å². The molecule has 2 rings (SSSR count). The van der Waals surface area contributed by atoms with Crippen LogP contribution in [0, 0.1) is 0 Å². The van der Waals surface area contributed by atoms with Gasteiger partial charge in [-0.3, -0.25) is 4.98 Å². The largest absolute Gasteiger partial charge is 0.489 e. The van der Waals surface area contributed by atoms with Crippen LogP contribution in [0.4, 0.5) is 0 Å². The molecule has 1 heterocycles. The summed E-state index contributed by atoms with van der Waals surface area (Å²) >= 11 is 3.50. The van der Waals surface area contributed by atoms with E-state index in [9.17, 15) is 0 Å². The standard InChI is InChI=1S/C16H19BrN2O/c1-2-15(18)9-13-8-14(17)5-6-16(13)20-11-12-4-3-7-19-10-12/h3-8,10,15H,2,9,11,18H2,1H3. The second-order valence-electron chi connectivity index (χ2n) is 4.77. The normalized spacial score (nSPS) is 12.2. The molecule has 0 saturated heterocycles. The fraction of sp³-hybridized carbons (Fsp3) is 0.312. The molecule has 0 spiro atoms. The van der Waals surface area contributed by atoms with Crippen molar-refractivity contribution in [2.24, 2.45) is 5.73 Å². The Bertz CT molecular complexity index is 545. The Morgan fingerprint density at radius 1 is 1.35 bits per heavy atom. The van der Waals surface area contributed by atoms with E-state index >= 15 is 0 Å². The number of nitrogens with two attached hydrogens (primary N) is 1. The number of benzene rings is 1. The Kier molecular flexibility index (Phi) is 5.56. The van der Waals surface area contributed by atoms with Crippen molar-refractivity contribution in [1.29, 1.82) is 0 Å². The van der Waals surface area contributed by atoms with Crippen LogP contribution in [-0.2, 0) is 13.0 Å². The van der Waals surface area contributed by atoms with Crippen LogP contribution in [0.15, 0.2) is 47.2 Å². The Morgan fingerprint density at radius 2 is 2.20 bits per heavy atom. The molecule has 1 unspecified atom stereocenters. The number of halogens is 1. The number of pyridine rings is 1. The summed E-state index contributed by atoms with van der Waals surface area (Å²) in [6, 6.07) is 10.1. The van der Waals surface area contributed by atoms with Crippen LogP contribution >= 0.6 is 15.9 Å². The van der Waals surface area contributed by atoms with E-state index in [2.05, 4.69) is 33.9 Å². The molecule has 0 aliphatic carbocycles. The number of aromatic nitrogens is 1. The first-order chi connectivity index (χ1) is 9.69. The zero-order valence-electron chi connectivity index (χ0n) is 11.6. The van der Waals surface area contributed by atoms with Gasteiger partial charge in [0, 0.05) is 28.5 Å². The maximum absolute atomic E-state index is 6.05. The number of nitrogens with zero attached hydrogens (tertiary/aromatic N) is 1. The van der Waals surface area contributed by atoms with E-state index in [0.717, 1.165) is 34.2 Å². The summed E-state index contributed by atoms with van der Waals surface area (Å²) in [6.45, 7) is 2.61. The first-order valence-corrected chi connectivity index (χ1v) is 7.54. The zero-order chi connectivity index (χ0) is 14.4. The Hall–Kier alpha value is -1.39. The molecule has 2 aromatic rings. The van der Waals surface area contributed by atoms with Crippen molar-refractivity contribution in [2.75, 3.05) is 0 Å². The summed E-state index contributed by atoms with van der Waals surface area (Å²) in [5, 5.41) is 0. The maximum atomic E-state index is 6.05. The van der Waals surface area contributed by atoms with Crippen LogP contribution in [0.25, 0.3) is 0 Å². The molecule has 20 heavy (non-hydrogen) atoms. The Labute approximate surface area is 128 Å². The highest BCUT2D eigenvalue weighted by molar-refractivity contribution is 9.10. The molecule has 1 aromatic carbocycles. The minimum atomic E-state index is 0.157. The van der Waals surface area contributed by atoms with Crippen LogP contribution in [0.3, 0.4) is 0 Å². The van der Waals surface area contributed by atoms with Crippen LogP contribution in [-0.4, -0.2) is 11.0 Å². The van der Waals surface area contributed by atoms with E-state index < -0.39 is 0 Å². The summed E-state index contributed by atoms with van der Waals surface area (Å²) in [4.78, 5) is 4.09. The zero-order valence-corrected chi connectivity index (χ0v) is 13.1. The third-order valence-electron chi connectivity index (χ3n) is 3.15. The molecule has 2 N–H and O–H groups in total. The van der Waals surface area contributed by atoms with Gasteiger partial charge in [-0.1, -0.05) is 28.9 Å². The monoisotopic (exact) mass is 334 g/mol. The van der Waals surface area contributed by atoms with Crippen molar-refractivity contribution in [3.05, 3.63) is 58.3 Å². The van der Waals surface area contributed by atoms with Crippen molar-refractivity contribution < 1.29 is 4.74 Å². The first-order valence-electron chi connectivity index (χ1n) is 6.74. The number of hydrogen-bond acceptors (Lipinski definition) is 3. The van der Waals surface area contributed by atoms with Gasteiger partial charge < -0.3 is 10.5 Å². The smallest absolute Gasteiger partial charge is 0.123 e. The Morgan fingerprint density at radius 3 is 2.90 bits per heavy atom. The average molecular weight is 335 g/mol. The molecule has 106 valence electrons. The van der Waals surface area contributed by atoms with Gasteiger partial charge in [0.1, 0.15) is 12.4 Å². The lowest BCUT2D eigenvalue weighted by Crippen LogP contribution is -2.21. The summed E-state index contributed by atoms with van der Waals surface area (Å²) in [6.07, 6.45) is 5.35. The average Bonchev–Trinajstić information content (AvgIpc) is 2.47. The van der Waals surface area contributed by atoms with Gasteiger partial charge in [-0.05, 0) is 42.7 Å². The first kappa shape index (κ1) is 15.0. The highest BCUT2D eigenvalue weighted by atomic mass is 79.9. The molecule has 0 fully saturated rings. The van der Waals surface area contributed by atoms with Crippen LogP contribution < -0.4 is 10.5 Å². The molecule has 0 saturated carbocycles. The summed E-state index contributed by atoms with van der Waals surface area (Å²) in [7, 11) is 0. The SMILES string of the molecule is CCC(N)Cc1cc(Br)ccc1OCc1cccnc1. The highest BCUT2D eigenvalue weighted by Crippen LogP contribution is 2.25. The molecule has 0 aliphatic rings. The van der Waals surface area contributed by atoms with Gasteiger partial charge in [-0.2, -0.15) is 0 Å². The summed E-state index contributed by atoms with van der Waals surface area (Å²) in [5.74, 6) is 0.890. The fourth-order valence-electron chi connectivity index (χ4n) is 1.92. The molecule has 1 aromatic heterocycles. The molecule has 4 heteroatoms. The quantitative estimate of drug-likeness (QED) is 0.876. The van der Waals surface area contributed by atoms with Gasteiger partial charge in [-0.25, -0.2) is 0 Å². The number of hydrogen-bond donors (Lipinski definition) is 1. The lowest BCUT2D eigenvalue weighted by atomic mass is 10.0. The van der Waals surface area contributed by atoms with E-state index in [-0.39, 0.29) is 6.04 Å². The van der Waals surface area contributed by atoms with Crippen LogP contribution in [0.1, 0.15) is 24.5 Å².